The fourth-order valence-corrected chi connectivity index (χ4v) is 2.19. The first-order valence-corrected chi connectivity index (χ1v) is 6.03. The van der Waals surface area contributed by atoms with Gasteiger partial charge < -0.3 is 4.90 Å². The summed E-state index contributed by atoms with van der Waals surface area (Å²) in [6.07, 6.45) is 1.04. The number of carbonyl (C=O) groups excluding carboxylic acids is 2. The summed E-state index contributed by atoms with van der Waals surface area (Å²) < 4.78 is 0. The van der Waals surface area contributed by atoms with Gasteiger partial charge >= 0.3 is 0 Å². The topological polar surface area (TPSA) is 37.4 Å². The normalized spacial score (nSPS) is 19.7. The third kappa shape index (κ3) is 2.93. The van der Waals surface area contributed by atoms with Crippen LogP contribution in [0.1, 0.15) is 30.1 Å². The molecule has 1 saturated heterocycles. The van der Waals surface area contributed by atoms with Crippen LogP contribution in [0.25, 0.3) is 0 Å². The zero-order chi connectivity index (χ0) is 12.3. The molecule has 1 atom stereocenters. The molecule has 90 valence electrons. The van der Waals surface area contributed by atoms with Crippen molar-refractivity contribution in [1.29, 1.82) is 0 Å². The molecule has 1 fully saturated rings. The van der Waals surface area contributed by atoms with Gasteiger partial charge in [0.05, 0.1) is 0 Å². The van der Waals surface area contributed by atoms with Crippen LogP contribution >= 0.6 is 0 Å². The molecule has 17 heavy (non-hydrogen) atoms. The monoisotopic (exact) mass is 231 g/mol. The number of rotatable bonds is 4. The molecular formula is C14H17NO2. The summed E-state index contributed by atoms with van der Waals surface area (Å²) in [6, 6.07) is 9.24. The Morgan fingerprint density at radius 3 is 2.65 bits per heavy atom. The predicted octanol–water partition coefficient (Wildman–Crippen LogP) is 2.13. The molecule has 0 spiro atoms. The molecule has 0 bridgehead atoms. The molecule has 1 unspecified atom stereocenters. The minimum atomic E-state index is 0.109. The van der Waals surface area contributed by atoms with Crippen LogP contribution in [-0.2, 0) is 4.79 Å². The Balaban J connectivity index is 1.87. The summed E-state index contributed by atoms with van der Waals surface area (Å²) in [4.78, 5) is 25.2. The molecule has 1 aromatic rings. The molecule has 3 heteroatoms. The SMILES string of the molecule is CC1CC(=O)N(CCC(=O)c2ccccc2)C1. The fourth-order valence-electron chi connectivity index (χ4n) is 2.19. The van der Waals surface area contributed by atoms with Crippen LogP contribution in [0.15, 0.2) is 30.3 Å². The van der Waals surface area contributed by atoms with Crippen LogP contribution in [0, 0.1) is 5.92 Å². The lowest BCUT2D eigenvalue weighted by Crippen LogP contribution is -2.27. The van der Waals surface area contributed by atoms with Crippen molar-refractivity contribution >= 4 is 11.7 Å². The molecule has 0 saturated carbocycles. The summed E-state index contributed by atoms with van der Waals surface area (Å²) in [5.74, 6) is 0.714. The average molecular weight is 231 g/mol. The second-order valence-electron chi connectivity index (χ2n) is 4.69. The lowest BCUT2D eigenvalue weighted by Gasteiger charge is -2.15. The Kier molecular flexibility index (Phi) is 3.57. The largest absolute Gasteiger partial charge is 0.342 e. The zero-order valence-electron chi connectivity index (χ0n) is 10.1. The van der Waals surface area contributed by atoms with E-state index in [1.807, 2.05) is 30.3 Å². The van der Waals surface area contributed by atoms with Gasteiger partial charge in [0.15, 0.2) is 5.78 Å². The standard InChI is InChI=1S/C14H17NO2/c1-11-9-14(17)15(10-11)8-7-13(16)12-5-3-2-4-6-12/h2-6,11H,7-10H2,1H3. The molecule has 0 aromatic heterocycles. The van der Waals surface area contributed by atoms with Crippen LogP contribution in [0.4, 0.5) is 0 Å². The molecule has 1 amide bonds. The van der Waals surface area contributed by atoms with Crippen molar-refractivity contribution in [2.75, 3.05) is 13.1 Å². The van der Waals surface area contributed by atoms with E-state index in [-0.39, 0.29) is 11.7 Å². The smallest absolute Gasteiger partial charge is 0.222 e. The summed E-state index contributed by atoms with van der Waals surface area (Å²) in [5, 5.41) is 0. The number of nitrogens with zero attached hydrogens (tertiary/aromatic N) is 1. The molecule has 2 rings (SSSR count). The lowest BCUT2D eigenvalue weighted by molar-refractivity contribution is -0.127. The van der Waals surface area contributed by atoms with Crippen LogP contribution in [0.3, 0.4) is 0 Å². The first-order valence-electron chi connectivity index (χ1n) is 6.03. The number of hydrogen-bond donors (Lipinski definition) is 0. The predicted molar refractivity (Wildman–Crippen MR) is 65.8 cm³/mol. The van der Waals surface area contributed by atoms with E-state index in [1.165, 1.54) is 0 Å². The maximum Gasteiger partial charge on any atom is 0.222 e. The highest BCUT2D eigenvalue weighted by Gasteiger charge is 2.26. The highest BCUT2D eigenvalue weighted by atomic mass is 16.2. The van der Waals surface area contributed by atoms with E-state index in [1.54, 1.807) is 4.90 Å². The highest BCUT2D eigenvalue weighted by molar-refractivity contribution is 5.96. The Morgan fingerprint density at radius 1 is 1.35 bits per heavy atom. The number of benzene rings is 1. The van der Waals surface area contributed by atoms with E-state index in [2.05, 4.69) is 6.92 Å². The third-order valence-corrected chi connectivity index (χ3v) is 3.11. The van der Waals surface area contributed by atoms with Gasteiger partial charge in [0, 0.05) is 31.5 Å². The summed E-state index contributed by atoms with van der Waals surface area (Å²) in [6.45, 7) is 3.41. The minimum absolute atomic E-state index is 0.109. The van der Waals surface area contributed by atoms with E-state index >= 15 is 0 Å². The van der Waals surface area contributed by atoms with E-state index in [4.69, 9.17) is 0 Å². The van der Waals surface area contributed by atoms with Gasteiger partial charge in [-0.2, -0.15) is 0 Å². The summed E-state index contributed by atoms with van der Waals surface area (Å²) >= 11 is 0. The van der Waals surface area contributed by atoms with Crippen molar-refractivity contribution in [3.63, 3.8) is 0 Å². The van der Waals surface area contributed by atoms with Gasteiger partial charge in [-0.05, 0) is 5.92 Å². The Morgan fingerprint density at radius 2 is 2.06 bits per heavy atom. The average Bonchev–Trinajstić information content (AvgIpc) is 2.66. The number of amides is 1. The van der Waals surface area contributed by atoms with Crippen LogP contribution in [-0.4, -0.2) is 29.7 Å². The number of carbonyl (C=O) groups is 2. The van der Waals surface area contributed by atoms with E-state index in [0.29, 0.717) is 25.3 Å². The molecule has 3 nitrogen and oxygen atoms in total. The Labute approximate surface area is 101 Å². The van der Waals surface area contributed by atoms with Crippen molar-refractivity contribution in [3.8, 4) is 0 Å². The first kappa shape index (κ1) is 11.8. The number of hydrogen-bond acceptors (Lipinski definition) is 2. The number of Topliss-reactive ketones (excluding diaryl/α,β-unsaturated/α-hetero) is 1. The summed E-state index contributed by atoms with van der Waals surface area (Å²) in [5.41, 5.74) is 0.729. The van der Waals surface area contributed by atoms with Crippen LogP contribution in [0.2, 0.25) is 0 Å². The van der Waals surface area contributed by atoms with Crippen molar-refractivity contribution in [2.45, 2.75) is 19.8 Å². The molecule has 1 aromatic carbocycles. The maximum atomic E-state index is 11.9. The number of likely N-dealkylation sites (tertiary alicyclic amines) is 1. The molecular weight excluding hydrogens is 214 g/mol. The maximum absolute atomic E-state index is 11.9. The van der Waals surface area contributed by atoms with Gasteiger partial charge in [0.2, 0.25) is 5.91 Å². The second-order valence-corrected chi connectivity index (χ2v) is 4.69. The van der Waals surface area contributed by atoms with Gasteiger partial charge in [-0.25, -0.2) is 0 Å². The zero-order valence-corrected chi connectivity index (χ0v) is 10.1. The van der Waals surface area contributed by atoms with Gasteiger partial charge in [-0.15, -0.1) is 0 Å². The molecule has 0 radical (unpaired) electrons. The van der Waals surface area contributed by atoms with Crippen molar-refractivity contribution in [2.24, 2.45) is 5.92 Å². The third-order valence-electron chi connectivity index (χ3n) is 3.11. The first-order chi connectivity index (χ1) is 8.16. The Hall–Kier alpha value is -1.64. The molecule has 0 aliphatic carbocycles. The van der Waals surface area contributed by atoms with Crippen molar-refractivity contribution in [3.05, 3.63) is 35.9 Å². The quantitative estimate of drug-likeness (QED) is 0.744. The van der Waals surface area contributed by atoms with Gasteiger partial charge in [0.25, 0.3) is 0 Å². The molecule has 1 heterocycles. The van der Waals surface area contributed by atoms with Gasteiger partial charge in [-0.1, -0.05) is 37.3 Å². The second kappa shape index (κ2) is 5.13. The Bertz CT molecular complexity index is 413. The van der Waals surface area contributed by atoms with E-state index in [9.17, 15) is 9.59 Å². The van der Waals surface area contributed by atoms with Gasteiger partial charge in [0.1, 0.15) is 0 Å². The van der Waals surface area contributed by atoms with Gasteiger partial charge in [-0.3, -0.25) is 9.59 Å². The lowest BCUT2D eigenvalue weighted by atomic mass is 10.1. The molecule has 0 N–H and O–H groups in total. The number of ketones is 1. The minimum Gasteiger partial charge on any atom is -0.342 e. The van der Waals surface area contributed by atoms with E-state index in [0.717, 1.165) is 12.1 Å². The molecule has 1 aliphatic heterocycles. The fraction of sp³-hybridized carbons (Fsp3) is 0.429. The van der Waals surface area contributed by atoms with Crippen LogP contribution < -0.4 is 0 Å². The van der Waals surface area contributed by atoms with Crippen molar-refractivity contribution in [1.82, 2.24) is 4.90 Å². The van der Waals surface area contributed by atoms with E-state index < -0.39 is 0 Å². The van der Waals surface area contributed by atoms with Crippen LogP contribution in [0.5, 0.6) is 0 Å². The summed E-state index contributed by atoms with van der Waals surface area (Å²) in [7, 11) is 0. The highest BCUT2D eigenvalue weighted by Crippen LogP contribution is 2.17. The molecule has 1 aliphatic rings. The van der Waals surface area contributed by atoms with Crippen molar-refractivity contribution < 1.29 is 9.59 Å².